The van der Waals surface area contributed by atoms with E-state index in [4.69, 9.17) is 9.47 Å². The molecule has 0 saturated carbocycles. The number of hydrogen-bond donors (Lipinski definition) is 0. The number of amides is 1. The summed E-state index contributed by atoms with van der Waals surface area (Å²) in [5, 5.41) is 0. The van der Waals surface area contributed by atoms with Gasteiger partial charge in [0, 0.05) is 18.5 Å². The van der Waals surface area contributed by atoms with Crippen molar-refractivity contribution in [2.45, 2.75) is 52.5 Å². The minimum Gasteiger partial charge on any atom is -0.494 e. The molecule has 0 saturated heterocycles. The van der Waals surface area contributed by atoms with Crippen molar-refractivity contribution >= 4 is 17.6 Å². The minimum absolute atomic E-state index is 0.00984. The van der Waals surface area contributed by atoms with Gasteiger partial charge >= 0.3 is 5.97 Å². The average molecular weight is 492 g/mol. The third-order valence-corrected chi connectivity index (χ3v) is 5.75. The molecule has 3 aromatic carbocycles. The fourth-order valence-corrected chi connectivity index (χ4v) is 3.80. The number of anilines is 1. The van der Waals surface area contributed by atoms with Gasteiger partial charge in [-0.3, -0.25) is 9.59 Å². The first kappa shape index (κ1) is 26.9. The van der Waals surface area contributed by atoms with E-state index in [1.807, 2.05) is 55.5 Å². The number of halogens is 1. The van der Waals surface area contributed by atoms with Crippen molar-refractivity contribution in [3.8, 4) is 16.9 Å². The van der Waals surface area contributed by atoms with E-state index in [-0.39, 0.29) is 17.7 Å². The van der Waals surface area contributed by atoms with E-state index in [1.165, 1.54) is 12.1 Å². The van der Waals surface area contributed by atoms with E-state index in [0.717, 1.165) is 35.3 Å². The fraction of sp³-hybridized carbons (Fsp3) is 0.333. The number of carbonyl (C=O) groups is 2. The molecular weight excluding hydrogens is 457 g/mol. The predicted octanol–water partition coefficient (Wildman–Crippen LogP) is 6.94. The molecule has 0 aliphatic heterocycles. The molecule has 0 heterocycles. The first-order valence-electron chi connectivity index (χ1n) is 12.5. The van der Waals surface area contributed by atoms with Crippen LogP contribution in [0.25, 0.3) is 11.1 Å². The van der Waals surface area contributed by atoms with Crippen LogP contribution in [0.4, 0.5) is 10.1 Å². The second-order valence-electron chi connectivity index (χ2n) is 8.54. The molecule has 36 heavy (non-hydrogen) atoms. The van der Waals surface area contributed by atoms with Gasteiger partial charge in [0.1, 0.15) is 11.6 Å². The van der Waals surface area contributed by atoms with Crippen molar-refractivity contribution in [3.63, 3.8) is 0 Å². The van der Waals surface area contributed by atoms with Crippen LogP contribution < -0.4 is 9.64 Å². The largest absolute Gasteiger partial charge is 0.494 e. The van der Waals surface area contributed by atoms with Gasteiger partial charge in [-0.05, 0) is 66.8 Å². The molecule has 3 aromatic rings. The number of rotatable bonds is 13. The minimum atomic E-state index is -0.359. The monoisotopic (exact) mass is 491 g/mol. The molecule has 0 aliphatic rings. The Morgan fingerprint density at radius 3 is 2.19 bits per heavy atom. The number of esters is 1. The highest BCUT2D eigenvalue weighted by Crippen LogP contribution is 2.25. The quantitative estimate of drug-likeness (QED) is 0.192. The molecule has 3 rings (SSSR count). The van der Waals surface area contributed by atoms with Gasteiger partial charge in [0.25, 0.3) is 0 Å². The van der Waals surface area contributed by atoms with E-state index in [9.17, 15) is 14.0 Å². The van der Waals surface area contributed by atoms with Crippen molar-refractivity contribution in [1.29, 1.82) is 0 Å². The van der Waals surface area contributed by atoms with Crippen molar-refractivity contribution in [1.82, 2.24) is 0 Å². The maximum Gasteiger partial charge on any atom is 0.305 e. The molecule has 190 valence electrons. The fourth-order valence-electron chi connectivity index (χ4n) is 3.80. The lowest BCUT2D eigenvalue weighted by atomic mass is 10.0. The highest BCUT2D eigenvalue weighted by atomic mass is 19.1. The third-order valence-electron chi connectivity index (χ3n) is 5.75. The zero-order valence-corrected chi connectivity index (χ0v) is 21.0. The molecule has 0 spiro atoms. The lowest BCUT2D eigenvalue weighted by molar-refractivity contribution is -0.143. The van der Waals surface area contributed by atoms with Crippen LogP contribution in [0, 0.1) is 5.82 Å². The number of hydrogen-bond acceptors (Lipinski definition) is 4. The van der Waals surface area contributed by atoms with Gasteiger partial charge in [-0.1, -0.05) is 55.8 Å². The Kier molecular flexibility index (Phi) is 10.5. The predicted molar refractivity (Wildman–Crippen MR) is 140 cm³/mol. The summed E-state index contributed by atoms with van der Waals surface area (Å²) in [5.74, 6) is 0.173. The molecule has 0 aromatic heterocycles. The molecule has 0 fully saturated rings. The molecule has 0 atom stereocenters. The molecule has 0 aliphatic carbocycles. The second-order valence-corrected chi connectivity index (χ2v) is 8.54. The maximum atomic E-state index is 13.8. The van der Waals surface area contributed by atoms with Gasteiger partial charge in [-0.15, -0.1) is 0 Å². The van der Waals surface area contributed by atoms with E-state index in [0.29, 0.717) is 44.7 Å². The Morgan fingerprint density at radius 1 is 0.861 bits per heavy atom. The van der Waals surface area contributed by atoms with E-state index < -0.39 is 0 Å². The zero-order chi connectivity index (χ0) is 25.8. The van der Waals surface area contributed by atoms with Gasteiger partial charge in [-0.2, -0.15) is 0 Å². The Labute approximate surface area is 212 Å². The number of carbonyl (C=O) groups excluding carboxylic acids is 2. The second kappa shape index (κ2) is 14.0. The smallest absolute Gasteiger partial charge is 0.305 e. The molecule has 0 bridgehead atoms. The molecule has 0 unspecified atom stereocenters. The summed E-state index contributed by atoms with van der Waals surface area (Å²) in [4.78, 5) is 25.9. The van der Waals surface area contributed by atoms with E-state index in [2.05, 4.69) is 0 Å². The topological polar surface area (TPSA) is 55.8 Å². The molecule has 0 N–H and O–H groups in total. The van der Waals surface area contributed by atoms with E-state index in [1.54, 1.807) is 24.0 Å². The summed E-state index contributed by atoms with van der Waals surface area (Å²) in [6, 6.07) is 22.0. The van der Waals surface area contributed by atoms with Crippen LogP contribution in [0.3, 0.4) is 0 Å². The van der Waals surface area contributed by atoms with E-state index >= 15 is 0 Å². The summed E-state index contributed by atoms with van der Waals surface area (Å²) >= 11 is 0. The Bertz CT molecular complexity index is 1110. The molecule has 5 nitrogen and oxygen atoms in total. The molecule has 1 amide bonds. The normalized spacial score (nSPS) is 10.6. The van der Waals surface area contributed by atoms with Gasteiger partial charge < -0.3 is 14.4 Å². The Morgan fingerprint density at radius 2 is 1.56 bits per heavy atom. The third kappa shape index (κ3) is 8.22. The molecule has 0 radical (unpaired) electrons. The van der Waals surface area contributed by atoms with Gasteiger partial charge in [0.15, 0.2) is 0 Å². The lowest BCUT2D eigenvalue weighted by Crippen LogP contribution is -2.30. The molecular formula is C30H34FNO4. The van der Waals surface area contributed by atoms with Gasteiger partial charge in [-0.25, -0.2) is 4.39 Å². The Hall–Kier alpha value is -3.67. The standard InChI is InChI=1S/C30H34FNO4/c1-3-5-10-29(33)32(27-9-6-8-26(31)21-27)22-23-12-14-24(15-13-23)25-16-18-28(19-17-25)36-20-7-11-30(34)35-4-2/h6,8-9,12-19,21H,3-5,7,10-11,20,22H2,1-2H3. The lowest BCUT2D eigenvalue weighted by Gasteiger charge is -2.23. The van der Waals surface area contributed by atoms with Crippen LogP contribution in [-0.4, -0.2) is 25.1 Å². The maximum absolute atomic E-state index is 13.8. The summed E-state index contributed by atoms with van der Waals surface area (Å²) in [5.41, 5.74) is 3.62. The van der Waals surface area contributed by atoms with Crippen LogP contribution >= 0.6 is 0 Å². The van der Waals surface area contributed by atoms with Crippen molar-refractivity contribution in [2.75, 3.05) is 18.1 Å². The SMILES string of the molecule is CCCCC(=O)N(Cc1ccc(-c2ccc(OCCCC(=O)OCC)cc2)cc1)c1cccc(F)c1. The molecule has 6 heteroatoms. The van der Waals surface area contributed by atoms with Crippen LogP contribution in [-0.2, 0) is 20.9 Å². The number of benzene rings is 3. The van der Waals surface area contributed by atoms with Crippen molar-refractivity contribution < 1.29 is 23.5 Å². The zero-order valence-electron chi connectivity index (χ0n) is 21.0. The highest BCUT2D eigenvalue weighted by Gasteiger charge is 2.16. The number of ether oxygens (including phenoxy) is 2. The van der Waals surface area contributed by atoms with Gasteiger partial charge in [0.2, 0.25) is 5.91 Å². The van der Waals surface area contributed by atoms with Crippen molar-refractivity contribution in [3.05, 3.63) is 84.2 Å². The average Bonchev–Trinajstić information content (AvgIpc) is 2.89. The van der Waals surface area contributed by atoms with Crippen LogP contribution in [0.1, 0.15) is 51.5 Å². The highest BCUT2D eigenvalue weighted by molar-refractivity contribution is 5.93. The first-order chi connectivity index (χ1) is 17.5. The first-order valence-corrected chi connectivity index (χ1v) is 12.5. The number of unbranched alkanes of at least 4 members (excludes halogenated alkanes) is 1. The Balaban J connectivity index is 1.61. The van der Waals surface area contributed by atoms with Crippen LogP contribution in [0.15, 0.2) is 72.8 Å². The van der Waals surface area contributed by atoms with Crippen LogP contribution in [0.2, 0.25) is 0 Å². The number of nitrogens with zero attached hydrogens (tertiary/aromatic N) is 1. The summed E-state index contributed by atoms with van der Waals surface area (Å²) in [6.07, 6.45) is 3.11. The van der Waals surface area contributed by atoms with Crippen molar-refractivity contribution in [2.24, 2.45) is 0 Å². The summed E-state index contributed by atoms with van der Waals surface area (Å²) in [7, 11) is 0. The summed E-state index contributed by atoms with van der Waals surface area (Å²) < 4.78 is 24.5. The van der Waals surface area contributed by atoms with Gasteiger partial charge in [0.05, 0.1) is 19.8 Å². The summed E-state index contributed by atoms with van der Waals surface area (Å²) in [6.45, 7) is 5.06. The van der Waals surface area contributed by atoms with Crippen LogP contribution in [0.5, 0.6) is 5.75 Å².